The number of hydrogen-bond acceptors (Lipinski definition) is 6. The molecule has 11 heteroatoms. The van der Waals surface area contributed by atoms with Gasteiger partial charge in [-0.3, -0.25) is 9.59 Å². The predicted molar refractivity (Wildman–Crippen MR) is 107 cm³/mol. The van der Waals surface area contributed by atoms with Crippen LogP contribution < -0.4 is 11.1 Å². The third-order valence-electron chi connectivity index (χ3n) is 4.42. The first-order valence-corrected chi connectivity index (χ1v) is 9.24. The SMILES string of the molecule is Cl.NCCNC(=O)C1CCCN(C(=O)Cn2nnc(-c3ccc(Cl)cc3)n2)C1. The van der Waals surface area contributed by atoms with Crippen LogP contribution in [0.4, 0.5) is 0 Å². The molecule has 28 heavy (non-hydrogen) atoms. The second kappa shape index (κ2) is 10.4. The number of nitrogens with one attached hydrogen (secondary N) is 1. The van der Waals surface area contributed by atoms with E-state index in [1.54, 1.807) is 29.2 Å². The van der Waals surface area contributed by atoms with Crippen LogP contribution in [0.25, 0.3) is 11.4 Å². The van der Waals surface area contributed by atoms with E-state index in [1.165, 1.54) is 4.80 Å². The molecule has 0 aliphatic carbocycles. The summed E-state index contributed by atoms with van der Waals surface area (Å²) in [5.74, 6) is 0.0352. The van der Waals surface area contributed by atoms with E-state index in [0.29, 0.717) is 37.0 Å². The quantitative estimate of drug-likeness (QED) is 0.700. The van der Waals surface area contributed by atoms with Crippen LogP contribution in [0.15, 0.2) is 24.3 Å². The van der Waals surface area contributed by atoms with Crippen LogP contribution in [0.3, 0.4) is 0 Å². The summed E-state index contributed by atoms with van der Waals surface area (Å²) in [6.07, 6.45) is 1.55. The summed E-state index contributed by atoms with van der Waals surface area (Å²) in [6.45, 7) is 1.85. The maximum Gasteiger partial charge on any atom is 0.246 e. The van der Waals surface area contributed by atoms with Crippen molar-refractivity contribution in [1.82, 2.24) is 30.4 Å². The monoisotopic (exact) mass is 427 g/mol. The average Bonchev–Trinajstić information content (AvgIpc) is 3.15. The fourth-order valence-electron chi connectivity index (χ4n) is 3.00. The van der Waals surface area contributed by atoms with E-state index in [1.807, 2.05) is 0 Å². The molecule has 1 saturated heterocycles. The van der Waals surface area contributed by atoms with E-state index in [9.17, 15) is 9.59 Å². The van der Waals surface area contributed by atoms with Gasteiger partial charge in [0.05, 0.1) is 5.92 Å². The Bertz CT molecular complexity index is 797. The molecular weight excluding hydrogens is 405 g/mol. The van der Waals surface area contributed by atoms with Crippen LogP contribution in [-0.4, -0.2) is 63.1 Å². The lowest BCUT2D eigenvalue weighted by Crippen LogP contribution is -2.47. The Morgan fingerprint density at radius 1 is 1.29 bits per heavy atom. The number of nitrogens with zero attached hydrogens (tertiary/aromatic N) is 5. The first-order chi connectivity index (χ1) is 13.1. The Morgan fingerprint density at radius 3 is 2.75 bits per heavy atom. The van der Waals surface area contributed by atoms with Gasteiger partial charge in [-0.1, -0.05) is 11.6 Å². The predicted octanol–water partition coefficient (Wildman–Crippen LogP) is 0.729. The zero-order valence-electron chi connectivity index (χ0n) is 15.3. The van der Waals surface area contributed by atoms with Gasteiger partial charge in [0.25, 0.3) is 0 Å². The van der Waals surface area contributed by atoms with Crippen molar-refractivity contribution in [1.29, 1.82) is 0 Å². The Balaban J connectivity index is 0.00000280. The molecule has 3 rings (SSSR count). The van der Waals surface area contributed by atoms with Crippen LogP contribution in [0.1, 0.15) is 12.8 Å². The van der Waals surface area contributed by atoms with E-state index >= 15 is 0 Å². The number of likely N-dealkylation sites (tertiary alicyclic amines) is 1. The Kier molecular flexibility index (Phi) is 8.16. The standard InChI is InChI=1S/C17H22ClN7O2.ClH/c18-14-5-3-12(4-6-14)16-21-23-25(22-16)11-15(26)24-9-1-2-13(10-24)17(27)20-8-7-19;/h3-6,13H,1-2,7-11,19H2,(H,20,27);1H. The highest BCUT2D eigenvalue weighted by Crippen LogP contribution is 2.18. The fraction of sp³-hybridized carbons (Fsp3) is 0.471. The highest BCUT2D eigenvalue weighted by molar-refractivity contribution is 6.30. The summed E-state index contributed by atoms with van der Waals surface area (Å²) in [7, 11) is 0. The molecule has 0 bridgehead atoms. The van der Waals surface area contributed by atoms with Crippen LogP contribution >= 0.6 is 24.0 Å². The van der Waals surface area contributed by atoms with Gasteiger partial charge in [0.15, 0.2) is 0 Å². The van der Waals surface area contributed by atoms with Gasteiger partial charge < -0.3 is 16.0 Å². The number of nitrogens with two attached hydrogens (primary N) is 1. The van der Waals surface area contributed by atoms with Crippen LogP contribution in [0, 0.1) is 5.92 Å². The molecule has 1 aromatic carbocycles. The van der Waals surface area contributed by atoms with E-state index in [2.05, 4.69) is 20.7 Å². The molecule has 1 aliphatic heterocycles. The maximum absolute atomic E-state index is 12.6. The lowest BCUT2D eigenvalue weighted by Gasteiger charge is -2.31. The Labute approximate surface area is 174 Å². The molecule has 2 aromatic rings. The number of piperidine rings is 1. The van der Waals surface area contributed by atoms with Gasteiger partial charge >= 0.3 is 0 Å². The molecule has 0 radical (unpaired) electrons. The number of benzene rings is 1. The van der Waals surface area contributed by atoms with Gasteiger partial charge in [0, 0.05) is 36.8 Å². The third kappa shape index (κ3) is 5.63. The normalized spacial score (nSPS) is 16.4. The van der Waals surface area contributed by atoms with Gasteiger partial charge in [-0.15, -0.1) is 22.6 Å². The highest BCUT2D eigenvalue weighted by atomic mass is 35.5. The fourth-order valence-corrected chi connectivity index (χ4v) is 3.13. The molecule has 2 amide bonds. The summed E-state index contributed by atoms with van der Waals surface area (Å²) in [5, 5.41) is 15.6. The van der Waals surface area contributed by atoms with Crippen molar-refractivity contribution in [2.75, 3.05) is 26.2 Å². The zero-order chi connectivity index (χ0) is 19.2. The Morgan fingerprint density at radius 2 is 2.04 bits per heavy atom. The molecule has 152 valence electrons. The molecule has 1 atom stereocenters. The molecule has 1 unspecified atom stereocenters. The molecule has 9 nitrogen and oxygen atoms in total. The minimum atomic E-state index is -0.206. The van der Waals surface area contributed by atoms with Crippen molar-refractivity contribution in [3.63, 3.8) is 0 Å². The number of tetrazole rings is 1. The summed E-state index contributed by atoms with van der Waals surface area (Å²) < 4.78 is 0. The van der Waals surface area contributed by atoms with Crippen molar-refractivity contribution in [2.45, 2.75) is 19.4 Å². The van der Waals surface area contributed by atoms with Crippen molar-refractivity contribution >= 4 is 35.8 Å². The second-order valence-electron chi connectivity index (χ2n) is 6.41. The largest absolute Gasteiger partial charge is 0.355 e. The van der Waals surface area contributed by atoms with Crippen molar-refractivity contribution in [3.8, 4) is 11.4 Å². The first-order valence-electron chi connectivity index (χ1n) is 8.86. The molecule has 3 N–H and O–H groups in total. The van der Waals surface area contributed by atoms with E-state index < -0.39 is 0 Å². The van der Waals surface area contributed by atoms with Crippen molar-refractivity contribution in [3.05, 3.63) is 29.3 Å². The number of hydrogen-bond donors (Lipinski definition) is 2. The smallest absolute Gasteiger partial charge is 0.246 e. The lowest BCUT2D eigenvalue weighted by molar-refractivity contribution is -0.136. The molecule has 2 heterocycles. The topological polar surface area (TPSA) is 119 Å². The average molecular weight is 428 g/mol. The van der Waals surface area contributed by atoms with E-state index in [0.717, 1.165) is 18.4 Å². The van der Waals surface area contributed by atoms with E-state index in [4.69, 9.17) is 17.3 Å². The van der Waals surface area contributed by atoms with Crippen molar-refractivity contribution in [2.24, 2.45) is 11.7 Å². The molecule has 0 saturated carbocycles. The van der Waals surface area contributed by atoms with Crippen LogP contribution in [0.5, 0.6) is 0 Å². The number of aromatic nitrogens is 4. The van der Waals surface area contributed by atoms with Crippen molar-refractivity contribution < 1.29 is 9.59 Å². The number of carbonyl (C=O) groups is 2. The summed E-state index contributed by atoms with van der Waals surface area (Å²) in [4.78, 5) is 27.6. The molecular formula is C17H23Cl2N7O2. The van der Waals surface area contributed by atoms with Gasteiger partial charge in [0.1, 0.15) is 6.54 Å². The zero-order valence-corrected chi connectivity index (χ0v) is 16.8. The molecule has 1 fully saturated rings. The van der Waals surface area contributed by atoms with Gasteiger partial charge in [-0.2, -0.15) is 4.80 Å². The lowest BCUT2D eigenvalue weighted by atomic mass is 9.97. The highest BCUT2D eigenvalue weighted by Gasteiger charge is 2.28. The molecule has 1 aromatic heterocycles. The van der Waals surface area contributed by atoms with E-state index in [-0.39, 0.29) is 36.7 Å². The second-order valence-corrected chi connectivity index (χ2v) is 6.85. The summed E-state index contributed by atoms with van der Waals surface area (Å²) in [6, 6.07) is 7.07. The number of rotatable bonds is 6. The van der Waals surface area contributed by atoms with Crippen LogP contribution in [-0.2, 0) is 16.1 Å². The third-order valence-corrected chi connectivity index (χ3v) is 4.67. The van der Waals surface area contributed by atoms with Gasteiger partial charge in [-0.05, 0) is 42.3 Å². The number of carbonyl (C=O) groups excluding carboxylic acids is 2. The minimum Gasteiger partial charge on any atom is -0.355 e. The van der Waals surface area contributed by atoms with Crippen LogP contribution in [0.2, 0.25) is 5.02 Å². The number of halogens is 2. The maximum atomic E-state index is 12.6. The van der Waals surface area contributed by atoms with Gasteiger partial charge in [-0.25, -0.2) is 0 Å². The minimum absolute atomic E-state index is 0. The molecule has 0 spiro atoms. The Hall–Kier alpha value is -2.23. The molecule has 1 aliphatic rings. The van der Waals surface area contributed by atoms with Gasteiger partial charge in [0.2, 0.25) is 17.6 Å². The first kappa shape index (κ1) is 22.1. The summed E-state index contributed by atoms with van der Waals surface area (Å²) >= 11 is 5.87. The number of amides is 2. The summed E-state index contributed by atoms with van der Waals surface area (Å²) in [5.41, 5.74) is 6.18.